The van der Waals surface area contributed by atoms with Crippen molar-refractivity contribution in [3.8, 4) is 5.75 Å². The normalized spacial score (nSPS) is 10.2. The van der Waals surface area contributed by atoms with E-state index in [0.717, 1.165) is 6.07 Å². The third kappa shape index (κ3) is 1.50. The van der Waals surface area contributed by atoms with E-state index in [0.29, 0.717) is 22.6 Å². The van der Waals surface area contributed by atoms with Crippen molar-refractivity contribution in [2.24, 2.45) is 0 Å². The van der Waals surface area contributed by atoms with E-state index in [2.05, 4.69) is 0 Å². The summed E-state index contributed by atoms with van der Waals surface area (Å²) in [6.07, 6.45) is 0.627. The molecule has 0 atom stereocenters. The zero-order valence-electron chi connectivity index (χ0n) is 8.18. The fraction of sp³-hybridized carbons (Fsp3) is 0. The van der Waals surface area contributed by atoms with E-state index in [1.54, 1.807) is 18.2 Å². The van der Waals surface area contributed by atoms with Crippen molar-refractivity contribution in [3.05, 3.63) is 41.5 Å². The van der Waals surface area contributed by atoms with E-state index in [1.165, 1.54) is 6.07 Å². The Morgan fingerprint density at radius 2 is 2.00 bits per heavy atom. The highest BCUT2D eigenvalue weighted by atomic mass is 16.4. The van der Waals surface area contributed by atoms with Gasteiger partial charge in [0.1, 0.15) is 5.75 Å². The number of aromatic carboxylic acids is 1. The van der Waals surface area contributed by atoms with Crippen LogP contribution in [0.15, 0.2) is 30.3 Å². The highest BCUT2D eigenvalue weighted by Gasteiger charge is 2.10. The molecule has 0 unspecified atom stereocenters. The molecule has 0 aromatic heterocycles. The van der Waals surface area contributed by atoms with E-state index in [-0.39, 0.29) is 11.3 Å². The van der Waals surface area contributed by atoms with Gasteiger partial charge in [-0.1, -0.05) is 18.2 Å². The molecule has 0 aliphatic heterocycles. The maximum absolute atomic E-state index is 10.8. The summed E-state index contributed by atoms with van der Waals surface area (Å²) >= 11 is 0. The van der Waals surface area contributed by atoms with Crippen molar-refractivity contribution >= 4 is 23.0 Å². The number of carbonyl (C=O) groups is 2. The predicted octanol–water partition coefficient (Wildman–Crippen LogP) is 2.06. The van der Waals surface area contributed by atoms with Crippen LogP contribution in [-0.2, 0) is 0 Å². The first-order chi connectivity index (χ1) is 7.63. The van der Waals surface area contributed by atoms with E-state index in [1.807, 2.05) is 0 Å². The van der Waals surface area contributed by atoms with Crippen LogP contribution in [0.2, 0.25) is 0 Å². The van der Waals surface area contributed by atoms with Gasteiger partial charge in [-0.3, -0.25) is 4.79 Å². The predicted molar refractivity (Wildman–Crippen MR) is 58.0 cm³/mol. The number of benzene rings is 2. The molecule has 80 valence electrons. The zero-order valence-corrected chi connectivity index (χ0v) is 8.18. The molecule has 0 amide bonds. The lowest BCUT2D eigenvalue weighted by Crippen LogP contribution is -1.96. The number of phenolic OH excluding ortho intramolecular Hbond substituents is 1. The summed E-state index contributed by atoms with van der Waals surface area (Å²) in [7, 11) is 0. The number of aromatic hydroxyl groups is 1. The Hall–Kier alpha value is -2.36. The fourth-order valence-corrected chi connectivity index (χ4v) is 1.66. The van der Waals surface area contributed by atoms with Crippen LogP contribution in [0.1, 0.15) is 20.7 Å². The van der Waals surface area contributed by atoms with Crippen LogP contribution in [0.3, 0.4) is 0 Å². The summed E-state index contributed by atoms with van der Waals surface area (Å²) in [5.41, 5.74) is 0.333. The molecule has 4 nitrogen and oxygen atoms in total. The number of carboxylic acid groups (broad SMARTS) is 1. The second-order valence-electron chi connectivity index (χ2n) is 3.36. The van der Waals surface area contributed by atoms with Crippen molar-refractivity contribution in [2.45, 2.75) is 0 Å². The first-order valence-electron chi connectivity index (χ1n) is 4.57. The number of hydrogen-bond acceptors (Lipinski definition) is 3. The molecule has 0 spiro atoms. The molecular weight excluding hydrogens is 208 g/mol. The van der Waals surface area contributed by atoms with Crippen LogP contribution in [0.5, 0.6) is 5.75 Å². The fourth-order valence-electron chi connectivity index (χ4n) is 1.66. The zero-order chi connectivity index (χ0) is 11.7. The van der Waals surface area contributed by atoms with Gasteiger partial charge < -0.3 is 10.2 Å². The van der Waals surface area contributed by atoms with Gasteiger partial charge >= 0.3 is 5.97 Å². The summed E-state index contributed by atoms with van der Waals surface area (Å²) in [6.45, 7) is 0. The lowest BCUT2D eigenvalue weighted by molar-refractivity contribution is 0.0696. The number of aldehydes is 1. The Bertz CT molecular complexity index is 587. The van der Waals surface area contributed by atoms with Crippen LogP contribution in [-0.4, -0.2) is 22.5 Å². The van der Waals surface area contributed by atoms with Gasteiger partial charge in [-0.05, 0) is 17.5 Å². The Kier molecular flexibility index (Phi) is 2.32. The summed E-state index contributed by atoms with van der Waals surface area (Å²) in [4.78, 5) is 21.5. The Morgan fingerprint density at radius 1 is 1.25 bits per heavy atom. The molecule has 2 aromatic carbocycles. The van der Waals surface area contributed by atoms with Gasteiger partial charge in [-0.25, -0.2) is 4.79 Å². The molecule has 0 bridgehead atoms. The van der Waals surface area contributed by atoms with Crippen LogP contribution in [0, 0.1) is 0 Å². The average molecular weight is 216 g/mol. The van der Waals surface area contributed by atoms with Crippen LogP contribution in [0.4, 0.5) is 0 Å². The average Bonchev–Trinajstić information content (AvgIpc) is 2.27. The lowest BCUT2D eigenvalue weighted by Gasteiger charge is -2.05. The van der Waals surface area contributed by atoms with Crippen LogP contribution in [0.25, 0.3) is 10.8 Å². The topological polar surface area (TPSA) is 74.6 Å². The van der Waals surface area contributed by atoms with Crippen molar-refractivity contribution in [2.75, 3.05) is 0 Å². The molecule has 0 aliphatic rings. The van der Waals surface area contributed by atoms with Gasteiger partial charge in [-0.15, -0.1) is 0 Å². The van der Waals surface area contributed by atoms with Crippen molar-refractivity contribution in [3.63, 3.8) is 0 Å². The molecule has 16 heavy (non-hydrogen) atoms. The maximum atomic E-state index is 10.8. The van der Waals surface area contributed by atoms with Crippen LogP contribution >= 0.6 is 0 Å². The Morgan fingerprint density at radius 3 is 2.62 bits per heavy atom. The Labute approximate surface area is 90.8 Å². The molecule has 0 saturated heterocycles. The smallest absolute Gasteiger partial charge is 0.335 e. The van der Waals surface area contributed by atoms with E-state index in [9.17, 15) is 14.7 Å². The summed E-state index contributed by atoms with van der Waals surface area (Å²) < 4.78 is 0. The highest BCUT2D eigenvalue weighted by molar-refractivity contribution is 6.04. The largest absolute Gasteiger partial charge is 0.507 e. The van der Waals surface area contributed by atoms with Gasteiger partial charge in [0.2, 0.25) is 0 Å². The van der Waals surface area contributed by atoms with Crippen LogP contribution < -0.4 is 0 Å². The minimum atomic E-state index is -1.12. The van der Waals surface area contributed by atoms with Gasteiger partial charge in [0.25, 0.3) is 0 Å². The van der Waals surface area contributed by atoms with Crippen molar-refractivity contribution in [1.29, 1.82) is 0 Å². The van der Waals surface area contributed by atoms with Gasteiger partial charge in [0.15, 0.2) is 6.29 Å². The first-order valence-corrected chi connectivity index (χ1v) is 4.57. The maximum Gasteiger partial charge on any atom is 0.335 e. The molecule has 0 heterocycles. The number of fused-ring (bicyclic) bond motifs is 1. The summed E-state index contributed by atoms with van der Waals surface area (Å²) in [5, 5.41) is 19.4. The van der Waals surface area contributed by atoms with Crippen molar-refractivity contribution < 1.29 is 19.8 Å². The molecule has 0 radical (unpaired) electrons. The summed E-state index contributed by atoms with van der Waals surface area (Å²) in [5.74, 6) is -1.31. The van der Waals surface area contributed by atoms with Gasteiger partial charge in [0.05, 0.1) is 5.56 Å². The highest BCUT2D eigenvalue weighted by Crippen LogP contribution is 2.29. The van der Waals surface area contributed by atoms with E-state index < -0.39 is 5.97 Å². The quantitative estimate of drug-likeness (QED) is 0.753. The third-order valence-electron chi connectivity index (χ3n) is 2.36. The Balaban J connectivity index is 2.85. The molecule has 2 rings (SSSR count). The van der Waals surface area contributed by atoms with Crippen molar-refractivity contribution in [1.82, 2.24) is 0 Å². The number of phenols is 1. The molecule has 0 aliphatic carbocycles. The molecule has 2 N–H and O–H groups in total. The monoisotopic (exact) mass is 216 g/mol. The number of hydrogen-bond donors (Lipinski definition) is 2. The molecule has 2 aromatic rings. The minimum Gasteiger partial charge on any atom is -0.507 e. The number of carbonyl (C=O) groups excluding carboxylic acids is 1. The number of rotatable bonds is 2. The van der Waals surface area contributed by atoms with Gasteiger partial charge in [0, 0.05) is 10.9 Å². The van der Waals surface area contributed by atoms with Gasteiger partial charge in [-0.2, -0.15) is 0 Å². The standard InChI is InChI=1S/C12H8O4/c13-6-8-3-1-2-7-4-9(12(15)16)5-10(14)11(7)8/h1-6,14H,(H,15,16). The second-order valence-corrected chi connectivity index (χ2v) is 3.36. The number of carboxylic acids is 1. The first kappa shape index (κ1) is 10.2. The lowest BCUT2D eigenvalue weighted by atomic mass is 10.0. The third-order valence-corrected chi connectivity index (χ3v) is 2.36. The minimum absolute atomic E-state index is 0.00644. The molecular formula is C12H8O4. The van der Waals surface area contributed by atoms with E-state index in [4.69, 9.17) is 5.11 Å². The summed E-state index contributed by atoms with van der Waals surface area (Å²) in [6, 6.07) is 7.41. The SMILES string of the molecule is O=Cc1cccc2cc(C(=O)O)cc(O)c12. The molecule has 0 saturated carbocycles. The molecule has 4 heteroatoms. The van der Waals surface area contributed by atoms with E-state index >= 15 is 0 Å². The second kappa shape index (κ2) is 3.66. The molecule has 0 fully saturated rings.